The van der Waals surface area contributed by atoms with Crippen LogP contribution in [0.5, 0.6) is 0 Å². The molecule has 0 fully saturated rings. The minimum absolute atomic E-state index is 0.0391. The van der Waals surface area contributed by atoms with Crippen LogP contribution in [0.3, 0.4) is 0 Å². The average molecular weight is 599 g/mol. The lowest BCUT2D eigenvalue weighted by atomic mass is 9.78. The Morgan fingerprint density at radius 1 is 0.596 bits per heavy atom. The molecule has 11 aromatic rings. The Hall–Kier alpha value is -6.40. The number of para-hydroxylation sites is 4. The summed E-state index contributed by atoms with van der Waals surface area (Å²) in [4.78, 5) is 39.0. The van der Waals surface area contributed by atoms with Crippen molar-refractivity contribution in [3.8, 4) is 0 Å². The van der Waals surface area contributed by atoms with Gasteiger partial charge in [0.25, 0.3) is 11.5 Å². The van der Waals surface area contributed by atoms with E-state index in [4.69, 9.17) is 9.97 Å². The van der Waals surface area contributed by atoms with Crippen LogP contribution in [0.25, 0.3) is 98.4 Å². The number of carbonyl (C=O) groups is 1. The van der Waals surface area contributed by atoms with Crippen LogP contribution < -0.4 is 5.56 Å². The molecule has 47 heavy (non-hydrogen) atoms. The van der Waals surface area contributed by atoms with Gasteiger partial charge >= 0.3 is 0 Å². The van der Waals surface area contributed by atoms with E-state index in [2.05, 4.69) is 54.6 Å². The van der Waals surface area contributed by atoms with Gasteiger partial charge in [-0.1, -0.05) is 60.7 Å². The minimum atomic E-state index is -0.192. The lowest BCUT2D eigenvalue weighted by Crippen LogP contribution is -2.25. The van der Waals surface area contributed by atoms with Gasteiger partial charge in [0.15, 0.2) is 0 Å². The van der Waals surface area contributed by atoms with Gasteiger partial charge in [0, 0.05) is 27.1 Å². The van der Waals surface area contributed by atoms with Crippen molar-refractivity contribution in [1.29, 1.82) is 0 Å². The first kappa shape index (κ1) is 23.0. The van der Waals surface area contributed by atoms with Gasteiger partial charge in [0.2, 0.25) is 0 Å². The summed E-state index contributed by atoms with van der Waals surface area (Å²) in [6.45, 7) is 0. The standard InChI is InChI=1S/C41H18N4O2/c46-40-24-16-21-12-11-19-15-23-35-25(41(47)45-29-8-4-2-6-27(29)43-39(23)45)17-20-10-9-18-13-14-22(38-42-26-5-1-3-7-28(26)44(38)40)34(24)36-30(18)31(20)37(35)32(19)33(21)36/h1-17,22H. The highest BCUT2D eigenvalue weighted by Crippen LogP contribution is 2.54. The molecule has 13 rings (SSSR count). The van der Waals surface area contributed by atoms with E-state index >= 15 is 0 Å². The molecule has 1 unspecified atom stereocenters. The minimum Gasteiger partial charge on any atom is -0.268 e. The number of carbonyl (C=O) groups excluding carboxylic acids is 1. The van der Waals surface area contributed by atoms with Crippen molar-refractivity contribution in [2.24, 2.45) is 0 Å². The molecule has 214 valence electrons. The molecule has 0 N–H and O–H groups in total. The van der Waals surface area contributed by atoms with Crippen LogP contribution in [0, 0.1) is 0 Å². The monoisotopic (exact) mass is 598 g/mol. The summed E-state index contributed by atoms with van der Waals surface area (Å²) in [7, 11) is 0. The molecular weight excluding hydrogens is 580 g/mol. The second-order valence-electron chi connectivity index (χ2n) is 13.2. The van der Waals surface area contributed by atoms with Gasteiger partial charge in [-0.05, 0) is 96.7 Å². The van der Waals surface area contributed by atoms with Crippen molar-refractivity contribution >= 4 is 104 Å². The highest BCUT2D eigenvalue weighted by molar-refractivity contribution is 6.46. The van der Waals surface area contributed by atoms with Gasteiger partial charge in [0.05, 0.1) is 28.0 Å². The fourth-order valence-corrected chi connectivity index (χ4v) is 9.33. The molecule has 1 atom stereocenters. The van der Waals surface area contributed by atoms with E-state index in [0.717, 1.165) is 104 Å². The molecule has 0 radical (unpaired) electrons. The van der Waals surface area contributed by atoms with Crippen LogP contribution in [0.2, 0.25) is 0 Å². The third-order valence-electron chi connectivity index (χ3n) is 11.1. The molecule has 8 aromatic carbocycles. The van der Waals surface area contributed by atoms with Crippen LogP contribution in [0.15, 0.2) is 102 Å². The predicted molar refractivity (Wildman–Crippen MR) is 188 cm³/mol. The zero-order chi connectivity index (χ0) is 30.4. The molecule has 0 spiro atoms. The number of pyridine rings is 1. The van der Waals surface area contributed by atoms with Gasteiger partial charge in [-0.15, -0.1) is 0 Å². The van der Waals surface area contributed by atoms with E-state index in [-0.39, 0.29) is 17.4 Å². The normalized spacial score (nSPS) is 15.9. The van der Waals surface area contributed by atoms with Crippen LogP contribution in [-0.4, -0.2) is 24.8 Å². The maximum absolute atomic E-state index is 14.5. The molecule has 0 amide bonds. The number of benzene rings is 8. The van der Waals surface area contributed by atoms with Gasteiger partial charge in [0.1, 0.15) is 11.5 Å². The van der Waals surface area contributed by atoms with Gasteiger partial charge < -0.3 is 0 Å². The maximum Gasteiger partial charge on any atom is 0.264 e. The van der Waals surface area contributed by atoms with E-state index in [1.165, 1.54) is 0 Å². The van der Waals surface area contributed by atoms with Gasteiger partial charge in [-0.25, -0.2) is 9.97 Å². The van der Waals surface area contributed by atoms with Crippen molar-refractivity contribution in [2.75, 3.05) is 0 Å². The quantitative estimate of drug-likeness (QED) is 0.130. The summed E-state index contributed by atoms with van der Waals surface area (Å²) in [6, 6.07) is 30.8. The Morgan fingerprint density at radius 3 is 2.13 bits per heavy atom. The van der Waals surface area contributed by atoms with Crippen LogP contribution in [-0.2, 0) is 0 Å². The molecule has 0 bridgehead atoms. The summed E-state index contributed by atoms with van der Waals surface area (Å²) in [5, 5.41) is 12.6. The second kappa shape index (κ2) is 7.19. The smallest absolute Gasteiger partial charge is 0.264 e. The highest BCUT2D eigenvalue weighted by atomic mass is 16.2. The lowest BCUT2D eigenvalue weighted by Gasteiger charge is -2.28. The van der Waals surface area contributed by atoms with E-state index in [9.17, 15) is 9.59 Å². The number of hydrogen-bond acceptors (Lipinski definition) is 4. The Labute approximate surface area is 263 Å². The van der Waals surface area contributed by atoms with Gasteiger partial charge in [-0.3, -0.25) is 18.6 Å². The molecule has 6 nitrogen and oxygen atoms in total. The molecule has 0 saturated carbocycles. The number of allylic oxidation sites excluding steroid dienone is 1. The average Bonchev–Trinajstić information content (AvgIpc) is 3.63. The predicted octanol–water partition coefficient (Wildman–Crippen LogP) is 8.59. The summed E-state index contributed by atoms with van der Waals surface area (Å²) in [6.07, 6.45) is 4.43. The third kappa shape index (κ3) is 2.34. The highest BCUT2D eigenvalue weighted by Gasteiger charge is 2.37. The number of rotatable bonds is 0. The van der Waals surface area contributed by atoms with E-state index < -0.39 is 0 Å². The number of nitrogens with zero attached hydrogens (tertiary/aromatic N) is 4. The summed E-state index contributed by atoms with van der Waals surface area (Å²) in [5.74, 6) is 0.526. The molecule has 1 aliphatic heterocycles. The Bertz CT molecular complexity index is 3400. The number of fused-ring (bicyclic) bond motifs is 8. The van der Waals surface area contributed by atoms with Crippen molar-refractivity contribution in [3.05, 3.63) is 130 Å². The molecule has 4 heterocycles. The number of hydrogen-bond donors (Lipinski definition) is 0. The van der Waals surface area contributed by atoms with Crippen LogP contribution in [0.1, 0.15) is 33.2 Å². The summed E-state index contributed by atoms with van der Waals surface area (Å²) < 4.78 is 3.60. The third-order valence-corrected chi connectivity index (χ3v) is 11.1. The fraction of sp³-hybridized carbons (Fsp3) is 0.0244. The zero-order valence-electron chi connectivity index (χ0n) is 24.5. The topological polar surface area (TPSA) is 69.3 Å². The first-order valence-electron chi connectivity index (χ1n) is 15.9. The van der Waals surface area contributed by atoms with Crippen molar-refractivity contribution < 1.29 is 4.79 Å². The molecule has 0 saturated heterocycles. The molecule has 3 aromatic heterocycles. The second-order valence-corrected chi connectivity index (χ2v) is 13.2. The fourth-order valence-electron chi connectivity index (χ4n) is 9.33. The van der Waals surface area contributed by atoms with E-state index in [0.29, 0.717) is 11.0 Å². The maximum atomic E-state index is 14.5. The molecular formula is C41H18N4O2. The first-order chi connectivity index (χ1) is 23.2. The molecule has 6 heteroatoms. The Balaban J connectivity index is 1.33. The van der Waals surface area contributed by atoms with Crippen LogP contribution >= 0.6 is 0 Å². The SMILES string of the molecule is O=C1c2cc3ccc4cc5c6c(cc7ccc8c9c(c2C(C=C8)c2nc8ccccc8n21)c3c4c6c79)c(=O)n1c2ccccc2nc51. The first-order valence-corrected chi connectivity index (χ1v) is 15.9. The van der Waals surface area contributed by atoms with E-state index in [1.807, 2.05) is 53.1 Å². The number of aromatic nitrogens is 4. The summed E-state index contributed by atoms with van der Waals surface area (Å²) >= 11 is 0. The molecule has 2 aliphatic rings. The van der Waals surface area contributed by atoms with Crippen molar-refractivity contribution in [1.82, 2.24) is 18.9 Å². The van der Waals surface area contributed by atoms with Gasteiger partial charge in [-0.2, -0.15) is 0 Å². The lowest BCUT2D eigenvalue weighted by molar-refractivity contribution is 0.0955. The van der Waals surface area contributed by atoms with Crippen LogP contribution in [0.4, 0.5) is 0 Å². The zero-order valence-corrected chi connectivity index (χ0v) is 24.5. The molecule has 1 aliphatic carbocycles. The summed E-state index contributed by atoms with van der Waals surface area (Å²) in [5.41, 5.74) is 6.77. The number of imidazole rings is 2. The largest absolute Gasteiger partial charge is 0.268 e. The Morgan fingerprint density at radius 2 is 1.28 bits per heavy atom. The van der Waals surface area contributed by atoms with Crippen molar-refractivity contribution in [2.45, 2.75) is 5.92 Å². The Kier molecular flexibility index (Phi) is 3.52. The van der Waals surface area contributed by atoms with Crippen molar-refractivity contribution in [3.63, 3.8) is 0 Å². The van der Waals surface area contributed by atoms with E-state index in [1.54, 1.807) is 4.40 Å².